The zero-order chi connectivity index (χ0) is 11.7. The van der Waals surface area contributed by atoms with E-state index in [1.807, 2.05) is 13.8 Å². The van der Waals surface area contributed by atoms with Crippen LogP contribution in [0.3, 0.4) is 0 Å². The maximum absolute atomic E-state index is 11.2. The Hall–Kier alpha value is -0.130. The molecule has 0 aromatic heterocycles. The molecule has 0 spiro atoms. The van der Waals surface area contributed by atoms with Gasteiger partial charge in [-0.15, -0.1) is 0 Å². The molecule has 0 aliphatic carbocycles. The average Bonchev–Trinajstić information content (AvgIpc) is 2.08. The van der Waals surface area contributed by atoms with Gasteiger partial charge in [0.1, 0.15) is 9.84 Å². The zero-order valence-electron chi connectivity index (χ0n) is 9.66. The maximum Gasteiger partial charge on any atom is 0.150 e. The van der Waals surface area contributed by atoms with Gasteiger partial charge >= 0.3 is 0 Å². The molecule has 1 saturated heterocycles. The Labute approximate surface area is 92.0 Å². The summed E-state index contributed by atoms with van der Waals surface area (Å²) in [4.78, 5) is 0. The molecule has 2 N–H and O–H groups in total. The largest absolute Gasteiger partial charge is 0.392 e. The van der Waals surface area contributed by atoms with E-state index in [1.165, 1.54) is 0 Å². The van der Waals surface area contributed by atoms with Gasteiger partial charge < -0.3 is 10.4 Å². The van der Waals surface area contributed by atoms with E-state index in [9.17, 15) is 13.5 Å². The van der Waals surface area contributed by atoms with Crippen LogP contribution in [0.25, 0.3) is 0 Å². The Bertz CT molecular complexity index is 295. The summed E-state index contributed by atoms with van der Waals surface area (Å²) >= 11 is 0. The molecule has 1 atom stereocenters. The second kappa shape index (κ2) is 4.39. The van der Waals surface area contributed by atoms with Crippen LogP contribution in [0.5, 0.6) is 0 Å². The van der Waals surface area contributed by atoms with Crippen LogP contribution in [-0.2, 0) is 9.84 Å². The first-order chi connectivity index (χ1) is 6.73. The van der Waals surface area contributed by atoms with Crippen molar-refractivity contribution >= 4 is 9.84 Å². The van der Waals surface area contributed by atoms with Crippen LogP contribution in [0.1, 0.15) is 33.6 Å². The third kappa shape index (κ3) is 3.74. The molecule has 1 heterocycles. The lowest BCUT2D eigenvalue weighted by Crippen LogP contribution is -2.54. The normalized spacial score (nSPS) is 25.1. The second-order valence-electron chi connectivity index (χ2n) is 4.97. The molecule has 1 fully saturated rings. The summed E-state index contributed by atoms with van der Waals surface area (Å²) in [5.74, 6) is 0.529. The minimum atomic E-state index is -2.79. The molecule has 1 rings (SSSR count). The van der Waals surface area contributed by atoms with Crippen molar-refractivity contribution in [3.8, 4) is 0 Å². The number of hydrogen-bond acceptors (Lipinski definition) is 4. The van der Waals surface area contributed by atoms with Gasteiger partial charge in [0, 0.05) is 11.6 Å². The van der Waals surface area contributed by atoms with E-state index in [1.54, 1.807) is 6.92 Å². The van der Waals surface area contributed by atoms with Gasteiger partial charge in [-0.3, -0.25) is 0 Å². The molecular formula is C10H21NO3S. The average molecular weight is 235 g/mol. The molecule has 1 aliphatic rings. The molecule has 4 nitrogen and oxygen atoms in total. The Kier molecular flexibility index (Phi) is 3.79. The minimum absolute atomic E-state index is 0.207. The van der Waals surface area contributed by atoms with E-state index < -0.39 is 15.9 Å². The highest BCUT2D eigenvalue weighted by atomic mass is 32.2. The van der Waals surface area contributed by atoms with Crippen LogP contribution in [0.2, 0.25) is 0 Å². The molecule has 15 heavy (non-hydrogen) atoms. The molecule has 1 aliphatic heterocycles. The third-order valence-electron chi connectivity index (χ3n) is 3.18. The number of nitrogens with one attached hydrogen (secondary N) is 1. The molecule has 0 bridgehead atoms. The summed E-state index contributed by atoms with van der Waals surface area (Å²) in [5.41, 5.74) is -0.355. The van der Waals surface area contributed by atoms with E-state index in [-0.39, 0.29) is 23.1 Å². The van der Waals surface area contributed by atoms with Crippen molar-refractivity contribution in [3.63, 3.8) is 0 Å². The van der Waals surface area contributed by atoms with Gasteiger partial charge in [0.25, 0.3) is 0 Å². The highest BCUT2D eigenvalue weighted by Gasteiger charge is 2.30. The fraction of sp³-hybridized carbons (Fsp3) is 1.00. The molecule has 0 saturated carbocycles. The van der Waals surface area contributed by atoms with Gasteiger partial charge in [-0.1, -0.05) is 0 Å². The Balaban J connectivity index is 2.49. The number of hydrogen-bond donors (Lipinski definition) is 2. The standard InChI is InChI=1S/C10H21NO3S/c1-8(12)10(2,3)11-9-4-6-15(13,14)7-5-9/h8-9,11-12H,4-7H2,1-3H3. The second-order valence-corrected chi connectivity index (χ2v) is 7.27. The van der Waals surface area contributed by atoms with Gasteiger partial charge in [0.05, 0.1) is 17.6 Å². The van der Waals surface area contributed by atoms with Gasteiger partial charge in [-0.25, -0.2) is 8.42 Å². The van der Waals surface area contributed by atoms with Gasteiger partial charge in [0.15, 0.2) is 0 Å². The number of rotatable bonds is 3. The van der Waals surface area contributed by atoms with Crippen LogP contribution in [0.15, 0.2) is 0 Å². The summed E-state index contributed by atoms with van der Waals surface area (Å²) in [6.45, 7) is 5.61. The lowest BCUT2D eigenvalue weighted by atomic mass is 9.96. The van der Waals surface area contributed by atoms with Crippen molar-refractivity contribution in [3.05, 3.63) is 0 Å². The third-order valence-corrected chi connectivity index (χ3v) is 4.89. The van der Waals surface area contributed by atoms with Crippen LogP contribution in [0, 0.1) is 0 Å². The van der Waals surface area contributed by atoms with Crippen LogP contribution in [-0.4, -0.2) is 42.7 Å². The molecule has 5 heteroatoms. The zero-order valence-corrected chi connectivity index (χ0v) is 10.5. The van der Waals surface area contributed by atoms with Crippen molar-refractivity contribution in [2.45, 2.75) is 51.3 Å². The smallest absolute Gasteiger partial charge is 0.150 e. The SMILES string of the molecule is CC(O)C(C)(C)NC1CCS(=O)(=O)CC1. The fourth-order valence-electron chi connectivity index (χ4n) is 1.68. The lowest BCUT2D eigenvalue weighted by Gasteiger charge is -2.35. The van der Waals surface area contributed by atoms with Crippen molar-refractivity contribution in [1.82, 2.24) is 5.32 Å². The van der Waals surface area contributed by atoms with Crippen LogP contribution >= 0.6 is 0 Å². The summed E-state index contributed by atoms with van der Waals surface area (Å²) in [7, 11) is -2.79. The van der Waals surface area contributed by atoms with E-state index in [0.29, 0.717) is 12.8 Å². The predicted octanol–water partition coefficient (Wildman–Crippen LogP) is 0.313. The Morgan fingerprint density at radius 1 is 1.33 bits per heavy atom. The molecule has 0 aromatic carbocycles. The Morgan fingerprint density at radius 3 is 2.20 bits per heavy atom. The Morgan fingerprint density at radius 2 is 1.80 bits per heavy atom. The predicted molar refractivity (Wildman–Crippen MR) is 60.6 cm³/mol. The first kappa shape index (κ1) is 12.9. The van der Waals surface area contributed by atoms with Gasteiger partial charge in [-0.05, 0) is 33.6 Å². The topological polar surface area (TPSA) is 66.4 Å². The van der Waals surface area contributed by atoms with Crippen LogP contribution in [0.4, 0.5) is 0 Å². The van der Waals surface area contributed by atoms with Crippen molar-refractivity contribution < 1.29 is 13.5 Å². The molecule has 0 radical (unpaired) electrons. The monoisotopic (exact) mass is 235 g/mol. The van der Waals surface area contributed by atoms with E-state index in [0.717, 1.165) is 0 Å². The molecule has 90 valence electrons. The molecule has 1 unspecified atom stereocenters. The van der Waals surface area contributed by atoms with Crippen molar-refractivity contribution in [2.75, 3.05) is 11.5 Å². The molecular weight excluding hydrogens is 214 g/mol. The number of sulfone groups is 1. The lowest BCUT2D eigenvalue weighted by molar-refractivity contribution is 0.0866. The summed E-state index contributed by atoms with van der Waals surface area (Å²) < 4.78 is 22.4. The minimum Gasteiger partial charge on any atom is -0.392 e. The summed E-state index contributed by atoms with van der Waals surface area (Å²) in [6.07, 6.45) is 0.854. The van der Waals surface area contributed by atoms with E-state index in [4.69, 9.17) is 0 Å². The highest BCUT2D eigenvalue weighted by Crippen LogP contribution is 2.17. The first-order valence-electron chi connectivity index (χ1n) is 5.39. The van der Waals surface area contributed by atoms with Crippen molar-refractivity contribution in [2.24, 2.45) is 0 Å². The maximum atomic E-state index is 11.2. The van der Waals surface area contributed by atoms with Crippen LogP contribution < -0.4 is 5.32 Å². The fourth-order valence-corrected chi connectivity index (χ4v) is 3.17. The first-order valence-corrected chi connectivity index (χ1v) is 7.21. The summed E-state index contributed by atoms with van der Waals surface area (Å²) in [5, 5.41) is 12.9. The highest BCUT2D eigenvalue weighted by molar-refractivity contribution is 7.91. The van der Waals surface area contributed by atoms with Gasteiger partial charge in [0.2, 0.25) is 0 Å². The number of aliphatic hydroxyl groups excluding tert-OH is 1. The quantitative estimate of drug-likeness (QED) is 0.739. The molecule has 0 aromatic rings. The van der Waals surface area contributed by atoms with Gasteiger partial charge in [-0.2, -0.15) is 0 Å². The number of aliphatic hydroxyl groups is 1. The summed E-state index contributed by atoms with van der Waals surface area (Å²) in [6, 6.07) is 0.207. The molecule has 0 amide bonds. The van der Waals surface area contributed by atoms with E-state index in [2.05, 4.69) is 5.32 Å². The van der Waals surface area contributed by atoms with E-state index >= 15 is 0 Å². The van der Waals surface area contributed by atoms with Crippen molar-refractivity contribution in [1.29, 1.82) is 0 Å².